The van der Waals surface area contributed by atoms with Crippen LogP contribution in [0.4, 0.5) is 0 Å². The minimum atomic E-state index is 0.302. The van der Waals surface area contributed by atoms with E-state index in [0.29, 0.717) is 11.7 Å². The summed E-state index contributed by atoms with van der Waals surface area (Å²) in [6.45, 7) is 7.44. The number of Topliss-reactive ketones (excluding diaryl/α,β-unsaturated/α-hetero) is 1. The van der Waals surface area contributed by atoms with E-state index in [9.17, 15) is 4.79 Å². The third-order valence-electron chi connectivity index (χ3n) is 1.74. The lowest BCUT2D eigenvalue weighted by atomic mass is 9.99. The van der Waals surface area contributed by atoms with Gasteiger partial charge in [-0.3, -0.25) is 0 Å². The van der Waals surface area contributed by atoms with Crippen molar-refractivity contribution in [1.82, 2.24) is 0 Å². The Balaban J connectivity index is 3.28. The van der Waals surface area contributed by atoms with Crippen molar-refractivity contribution < 1.29 is 4.79 Å². The van der Waals surface area contributed by atoms with Crippen LogP contribution in [-0.4, -0.2) is 5.78 Å². The summed E-state index contributed by atoms with van der Waals surface area (Å²) in [7, 11) is 0. The van der Waals surface area contributed by atoms with Crippen molar-refractivity contribution >= 4 is 5.78 Å². The van der Waals surface area contributed by atoms with E-state index >= 15 is 0 Å². The molecule has 0 fully saturated rings. The molecule has 1 nitrogen and oxygen atoms in total. The largest absolute Gasteiger partial charge is 0.300 e. The molecule has 0 aromatic heterocycles. The lowest BCUT2D eigenvalue weighted by Crippen LogP contribution is -2.01. The Morgan fingerprint density at radius 2 is 2.27 bits per heavy atom. The summed E-state index contributed by atoms with van der Waals surface area (Å²) in [6, 6.07) is 0. The number of allylic oxidation sites excluding steroid dienone is 1. The second-order valence-corrected chi connectivity index (χ2v) is 3.23. The molecule has 0 bridgehead atoms. The van der Waals surface area contributed by atoms with Gasteiger partial charge in [0.25, 0.3) is 0 Å². The molecule has 0 N–H and O–H groups in total. The summed E-state index contributed by atoms with van der Waals surface area (Å²) < 4.78 is 0. The molecule has 11 heavy (non-hydrogen) atoms. The van der Waals surface area contributed by atoms with Gasteiger partial charge < -0.3 is 4.79 Å². The van der Waals surface area contributed by atoms with Crippen molar-refractivity contribution in [2.24, 2.45) is 5.92 Å². The van der Waals surface area contributed by atoms with Crippen LogP contribution < -0.4 is 0 Å². The first-order valence-electron chi connectivity index (χ1n) is 4.27. The Hall–Kier alpha value is -0.590. The Morgan fingerprint density at radius 1 is 1.64 bits per heavy atom. The molecule has 0 rings (SSSR count). The molecule has 1 atom stereocenters. The number of hydrogen-bond acceptors (Lipinski definition) is 1. The van der Waals surface area contributed by atoms with E-state index in [2.05, 4.69) is 13.5 Å². The van der Waals surface area contributed by atoms with Gasteiger partial charge in [-0.25, -0.2) is 0 Å². The fraction of sp³-hybridized carbons (Fsp3) is 0.700. The Kier molecular flexibility index (Phi) is 5.81. The summed E-state index contributed by atoms with van der Waals surface area (Å²) in [5, 5.41) is 0. The first-order chi connectivity index (χ1) is 5.16. The van der Waals surface area contributed by atoms with Crippen LogP contribution in [0.3, 0.4) is 0 Å². The van der Waals surface area contributed by atoms with Gasteiger partial charge in [-0.2, -0.15) is 0 Å². The van der Waals surface area contributed by atoms with Gasteiger partial charge in [-0.05, 0) is 32.1 Å². The molecule has 0 aliphatic heterocycles. The molecular weight excluding hydrogens is 136 g/mol. The lowest BCUT2D eigenvalue weighted by molar-refractivity contribution is -0.117. The molecule has 1 unspecified atom stereocenters. The highest BCUT2D eigenvalue weighted by atomic mass is 16.1. The average Bonchev–Trinajstić information content (AvgIpc) is 1.86. The van der Waals surface area contributed by atoms with Crippen LogP contribution in [0.1, 0.15) is 39.5 Å². The monoisotopic (exact) mass is 154 g/mol. The SMILES string of the molecule is C=CCCCC(C)CC(C)=O. The maximum absolute atomic E-state index is 10.7. The van der Waals surface area contributed by atoms with Gasteiger partial charge in [-0.15, -0.1) is 6.58 Å². The summed E-state index contributed by atoms with van der Waals surface area (Å²) in [5.74, 6) is 0.851. The molecule has 0 radical (unpaired) electrons. The number of rotatable bonds is 6. The molecular formula is C10H18O. The van der Waals surface area contributed by atoms with Gasteiger partial charge in [0.1, 0.15) is 5.78 Å². The number of hydrogen-bond donors (Lipinski definition) is 0. The minimum absolute atomic E-state index is 0.302. The molecule has 0 aromatic carbocycles. The highest BCUT2D eigenvalue weighted by Gasteiger charge is 2.03. The van der Waals surface area contributed by atoms with Crippen molar-refractivity contribution in [1.29, 1.82) is 0 Å². The number of carbonyl (C=O) groups excluding carboxylic acids is 1. The summed E-state index contributed by atoms with van der Waals surface area (Å²) >= 11 is 0. The molecule has 0 aromatic rings. The third kappa shape index (κ3) is 7.31. The molecule has 0 saturated heterocycles. The van der Waals surface area contributed by atoms with E-state index in [4.69, 9.17) is 0 Å². The zero-order valence-electron chi connectivity index (χ0n) is 7.60. The maximum Gasteiger partial charge on any atom is 0.130 e. The summed E-state index contributed by atoms with van der Waals surface area (Å²) in [5.41, 5.74) is 0. The van der Waals surface area contributed by atoms with Crippen LogP contribution in [0, 0.1) is 5.92 Å². The Labute approximate surface area is 69.5 Å². The molecule has 0 aliphatic rings. The Morgan fingerprint density at radius 3 is 2.73 bits per heavy atom. The van der Waals surface area contributed by atoms with E-state index in [1.54, 1.807) is 6.92 Å². The predicted molar refractivity (Wildman–Crippen MR) is 48.5 cm³/mol. The van der Waals surface area contributed by atoms with Gasteiger partial charge in [0.15, 0.2) is 0 Å². The third-order valence-corrected chi connectivity index (χ3v) is 1.74. The van der Waals surface area contributed by atoms with Gasteiger partial charge in [-0.1, -0.05) is 13.0 Å². The topological polar surface area (TPSA) is 17.1 Å². The molecule has 0 saturated carbocycles. The lowest BCUT2D eigenvalue weighted by Gasteiger charge is -2.06. The highest BCUT2D eigenvalue weighted by molar-refractivity contribution is 5.75. The first-order valence-corrected chi connectivity index (χ1v) is 4.27. The van der Waals surface area contributed by atoms with E-state index < -0.39 is 0 Å². The number of carbonyl (C=O) groups is 1. The predicted octanol–water partition coefficient (Wildman–Crippen LogP) is 2.96. The van der Waals surface area contributed by atoms with Crippen molar-refractivity contribution in [2.75, 3.05) is 0 Å². The van der Waals surface area contributed by atoms with Crippen LogP contribution in [0.5, 0.6) is 0 Å². The first kappa shape index (κ1) is 10.4. The van der Waals surface area contributed by atoms with Gasteiger partial charge in [0.2, 0.25) is 0 Å². The van der Waals surface area contributed by atoms with Crippen LogP contribution in [-0.2, 0) is 4.79 Å². The van der Waals surface area contributed by atoms with Crippen molar-refractivity contribution in [3.63, 3.8) is 0 Å². The molecule has 0 aliphatic carbocycles. The smallest absolute Gasteiger partial charge is 0.130 e. The van der Waals surface area contributed by atoms with E-state index in [0.717, 1.165) is 25.7 Å². The Bertz CT molecular complexity index is 127. The fourth-order valence-electron chi connectivity index (χ4n) is 1.20. The quantitative estimate of drug-likeness (QED) is 0.424. The molecule has 0 amide bonds. The van der Waals surface area contributed by atoms with Crippen molar-refractivity contribution in [3.05, 3.63) is 12.7 Å². The normalized spacial score (nSPS) is 12.5. The van der Waals surface area contributed by atoms with Crippen LogP contribution in [0.25, 0.3) is 0 Å². The molecule has 1 heteroatoms. The zero-order chi connectivity index (χ0) is 8.69. The van der Waals surface area contributed by atoms with E-state index in [1.807, 2.05) is 6.08 Å². The number of unbranched alkanes of at least 4 members (excludes halogenated alkanes) is 1. The second-order valence-electron chi connectivity index (χ2n) is 3.23. The summed E-state index contributed by atoms with van der Waals surface area (Å²) in [4.78, 5) is 10.7. The number of ketones is 1. The minimum Gasteiger partial charge on any atom is -0.300 e. The molecule has 0 spiro atoms. The highest BCUT2D eigenvalue weighted by Crippen LogP contribution is 2.11. The zero-order valence-corrected chi connectivity index (χ0v) is 7.60. The summed E-state index contributed by atoms with van der Waals surface area (Å²) in [6.07, 6.45) is 6.05. The van der Waals surface area contributed by atoms with Gasteiger partial charge in [0, 0.05) is 6.42 Å². The van der Waals surface area contributed by atoms with Crippen molar-refractivity contribution in [3.8, 4) is 0 Å². The van der Waals surface area contributed by atoms with Crippen LogP contribution >= 0.6 is 0 Å². The average molecular weight is 154 g/mol. The van der Waals surface area contributed by atoms with Gasteiger partial charge in [0.05, 0.1) is 0 Å². The molecule has 64 valence electrons. The van der Waals surface area contributed by atoms with E-state index in [-0.39, 0.29) is 0 Å². The standard InChI is InChI=1S/C10H18O/c1-4-5-6-7-9(2)8-10(3)11/h4,9H,1,5-8H2,2-3H3. The van der Waals surface area contributed by atoms with Gasteiger partial charge >= 0.3 is 0 Å². The van der Waals surface area contributed by atoms with Crippen LogP contribution in [0.2, 0.25) is 0 Å². The molecule has 0 heterocycles. The second kappa shape index (κ2) is 6.14. The fourth-order valence-corrected chi connectivity index (χ4v) is 1.20. The van der Waals surface area contributed by atoms with Crippen molar-refractivity contribution in [2.45, 2.75) is 39.5 Å². The van der Waals surface area contributed by atoms with E-state index in [1.165, 1.54) is 0 Å². The maximum atomic E-state index is 10.7. The van der Waals surface area contributed by atoms with Crippen LogP contribution in [0.15, 0.2) is 12.7 Å².